The quantitative estimate of drug-likeness (QED) is 0.0340. The Hall–Kier alpha value is -12.4. The number of carbonyl (C=O) groups is 6. The molecule has 1 fully saturated rings. The van der Waals surface area contributed by atoms with Crippen molar-refractivity contribution >= 4 is 73.9 Å². The van der Waals surface area contributed by atoms with Gasteiger partial charge in [0.2, 0.25) is 45.9 Å². The van der Waals surface area contributed by atoms with Gasteiger partial charge in [0.15, 0.2) is 98.8 Å². The summed E-state index contributed by atoms with van der Waals surface area (Å²) in [6.07, 6.45) is -11.7. The first kappa shape index (κ1) is 51.7. The van der Waals surface area contributed by atoms with Gasteiger partial charge in [-0.3, -0.25) is 9.59 Å². The number of fused-ring (bicyclic) bond motifs is 9. The van der Waals surface area contributed by atoms with Gasteiger partial charge in [0.25, 0.3) is 0 Å². The van der Waals surface area contributed by atoms with E-state index in [9.17, 15) is 96.1 Å². The largest absolute Gasteiger partial charge is 0.504 e. The van der Waals surface area contributed by atoms with E-state index in [2.05, 4.69) is 0 Å². The maximum Gasteiger partial charge on any atom is 0.344 e. The first-order valence-electron chi connectivity index (χ1n) is 24.4. The molecular formula is C54H28O32. The van der Waals surface area contributed by atoms with Crippen LogP contribution in [0.3, 0.4) is 0 Å². The lowest BCUT2D eigenvalue weighted by Gasteiger charge is -2.47. The molecule has 0 radical (unpaired) electrons. The van der Waals surface area contributed by atoms with Gasteiger partial charge in [0.05, 0.1) is 38.9 Å². The Labute approximate surface area is 467 Å². The van der Waals surface area contributed by atoms with Gasteiger partial charge < -0.3 is 119 Å². The zero-order valence-corrected chi connectivity index (χ0v) is 41.7. The van der Waals surface area contributed by atoms with Crippen LogP contribution in [0.2, 0.25) is 0 Å². The Bertz CT molecular complexity index is 4870. The summed E-state index contributed by atoms with van der Waals surface area (Å²) in [4.78, 5) is 120. The zero-order chi connectivity index (χ0) is 61.4. The molecule has 0 saturated carbocycles. The molecule has 2 aromatic heterocycles. The average molecular weight is 1190 g/mol. The molecule has 86 heavy (non-hydrogen) atoms. The van der Waals surface area contributed by atoms with Crippen LogP contribution in [0.15, 0.2) is 48.4 Å². The van der Waals surface area contributed by atoms with E-state index in [1.165, 1.54) is 0 Å². The van der Waals surface area contributed by atoms with Crippen molar-refractivity contribution in [3.63, 3.8) is 0 Å². The Morgan fingerprint density at radius 2 is 0.919 bits per heavy atom. The molecule has 6 aliphatic heterocycles. The maximum atomic E-state index is 15.8. The molecule has 0 unspecified atom stereocenters. The Kier molecular flexibility index (Phi) is 9.88. The number of hydrogen-bond donors (Lipinski definition) is 16. The number of aliphatic hydroxyl groups excluding tert-OH is 1. The highest BCUT2D eigenvalue weighted by molar-refractivity contribution is 6.26. The van der Waals surface area contributed by atoms with E-state index in [-0.39, 0.29) is 12.1 Å². The topological polar surface area (TPSA) is 542 Å². The molecule has 32 nitrogen and oxygen atoms in total. The smallest absolute Gasteiger partial charge is 0.344 e. The number of ether oxygens (including phenoxy) is 6. The van der Waals surface area contributed by atoms with Crippen LogP contribution in [0, 0.1) is 5.92 Å². The van der Waals surface area contributed by atoms with Crippen molar-refractivity contribution in [1.29, 1.82) is 0 Å². The number of aliphatic hydroxyl groups is 1. The zero-order valence-electron chi connectivity index (χ0n) is 41.7. The van der Waals surface area contributed by atoms with Gasteiger partial charge in [-0.05, 0) is 24.3 Å². The second-order valence-electron chi connectivity index (χ2n) is 20.2. The van der Waals surface area contributed by atoms with Crippen molar-refractivity contribution in [3.8, 4) is 114 Å². The predicted molar refractivity (Wildman–Crippen MR) is 268 cm³/mol. The minimum absolute atomic E-state index is 0.287. The van der Waals surface area contributed by atoms with Gasteiger partial charge in [-0.1, -0.05) is 0 Å². The average Bonchev–Trinajstić information content (AvgIpc) is 1.51. The lowest BCUT2D eigenvalue weighted by Crippen LogP contribution is -2.65. The molecule has 7 aliphatic rings. The summed E-state index contributed by atoms with van der Waals surface area (Å²) >= 11 is 0. The van der Waals surface area contributed by atoms with Gasteiger partial charge >= 0.3 is 41.1 Å². The highest BCUT2D eigenvalue weighted by Gasteiger charge is 2.76. The van der Waals surface area contributed by atoms with Gasteiger partial charge in [0.1, 0.15) is 12.5 Å². The maximum absolute atomic E-state index is 15.8. The molecule has 32 heteroatoms. The van der Waals surface area contributed by atoms with E-state index in [1.54, 1.807) is 0 Å². The fourth-order valence-corrected chi connectivity index (χ4v) is 12.5. The first-order valence-corrected chi connectivity index (χ1v) is 24.4. The number of ketones is 1. The molecule has 15 rings (SSSR count). The van der Waals surface area contributed by atoms with E-state index in [0.29, 0.717) is 12.1 Å². The highest BCUT2D eigenvalue weighted by atomic mass is 16.6. The lowest BCUT2D eigenvalue weighted by molar-refractivity contribution is -0.199. The van der Waals surface area contributed by atoms with Gasteiger partial charge in [-0.15, -0.1) is 0 Å². The molecule has 16 N–H and O–H groups in total. The van der Waals surface area contributed by atoms with Crippen molar-refractivity contribution in [2.75, 3.05) is 6.61 Å². The van der Waals surface area contributed by atoms with Crippen LogP contribution in [0.4, 0.5) is 0 Å². The summed E-state index contributed by atoms with van der Waals surface area (Å²) in [5.41, 5.74) is -22.8. The molecule has 436 valence electrons. The van der Waals surface area contributed by atoms with E-state index >= 15 is 24.0 Å². The minimum atomic E-state index is -3.42. The molecule has 6 bridgehead atoms. The predicted octanol–water partition coefficient (Wildman–Crippen LogP) is 2.19. The van der Waals surface area contributed by atoms with Crippen LogP contribution in [-0.2, 0) is 33.3 Å². The molecule has 1 saturated heterocycles. The molecule has 1 aliphatic carbocycles. The number of phenolic OH excluding ortho intramolecular Hbond substituents is 15. The van der Waals surface area contributed by atoms with Crippen LogP contribution < -0.4 is 16.0 Å². The Morgan fingerprint density at radius 1 is 0.419 bits per heavy atom. The van der Waals surface area contributed by atoms with Crippen molar-refractivity contribution in [1.82, 2.24) is 0 Å². The standard InChI is InChI=1S/C54H28O32/c55-10-1-6-15(32(63)28(10)59)16-7(2-11(56)29(60)33(16)64)49(74)81-40-14(5-79-47(6)72)80-48(73)8-3-12(57)30(61)34(65)17(8)19-22-20(36(67)38(69)35(19)66)24-27-53(78)84-44(45(40)85-51(22)76)26-25-23-21-18-9(4-13(58)31(62)41(18)83-52(23)77)50(75)82-42(21)39(70)43(25)86-54(26,27)46(71)37(24)68/h1-4,14,26-27,40,44-45,55-70H,5H2/t14-,26+,27-,40-,44+,45+,54-/m1/s1. The van der Waals surface area contributed by atoms with Crippen molar-refractivity contribution in [3.05, 3.63) is 84.2 Å². The normalized spacial score (nSPS) is 22.7. The highest BCUT2D eigenvalue weighted by Crippen LogP contribution is 2.68. The molecule has 0 amide bonds. The summed E-state index contributed by atoms with van der Waals surface area (Å²) in [5.74, 6) is -42.5. The number of phenols is 15. The number of esters is 5. The van der Waals surface area contributed by atoms with Crippen LogP contribution >= 0.6 is 0 Å². The van der Waals surface area contributed by atoms with Crippen LogP contribution in [-0.4, -0.2) is 154 Å². The van der Waals surface area contributed by atoms with Gasteiger partial charge in [-0.25, -0.2) is 28.8 Å². The first-order chi connectivity index (χ1) is 40.6. The van der Waals surface area contributed by atoms with Crippen molar-refractivity contribution in [2.45, 2.75) is 35.9 Å². The van der Waals surface area contributed by atoms with E-state index in [0.717, 1.165) is 0 Å². The number of hydrogen-bond acceptors (Lipinski definition) is 32. The van der Waals surface area contributed by atoms with Crippen molar-refractivity contribution < 1.29 is 148 Å². The number of cyclic esters (lactones) is 1. The summed E-state index contributed by atoms with van der Waals surface area (Å²) < 4.78 is 46.8. The third-order valence-corrected chi connectivity index (χ3v) is 16.1. The molecule has 8 aromatic rings. The van der Waals surface area contributed by atoms with Crippen molar-refractivity contribution in [2.24, 2.45) is 5.92 Å². The Balaban J connectivity index is 1.15. The molecular weight excluding hydrogens is 1160 g/mol. The number of rotatable bonds is 0. The lowest BCUT2D eigenvalue weighted by atomic mass is 9.66. The summed E-state index contributed by atoms with van der Waals surface area (Å²) in [7, 11) is 0. The summed E-state index contributed by atoms with van der Waals surface area (Å²) in [6, 6.07) is 1.60. The monoisotopic (exact) mass is 1190 g/mol. The Morgan fingerprint density at radius 3 is 1.52 bits per heavy atom. The van der Waals surface area contributed by atoms with Gasteiger partial charge in [0, 0.05) is 49.7 Å². The van der Waals surface area contributed by atoms with E-state index in [4.69, 9.17) is 37.3 Å². The molecule has 6 aromatic carbocycles. The SMILES string of the molecule is O=C1OC[C@H]2OC(=O)c3cc(O)c(O)c(O)c3-c3c(O)c(O)c(O)c4c3C(=O)O[C@H]([C@H]3OC(=O)[C@H]5C4=C(O)C(=O)[C@]54Oc5c(O)c6oc(=O)c7cc(O)c(O)c8oc(=O)c(c5[C@@H]34)c6c87)[C@@H]2OC(=O)c2cc(O)c(O)c(O)c2-c2c1cc(O)c(O)c2O. The second-order valence-corrected chi connectivity index (χ2v) is 20.2. The number of Topliss-reactive ketones (excluding diaryl/α,β-unsaturated/α-hetero) is 1. The second kappa shape index (κ2) is 16.4. The van der Waals surface area contributed by atoms with E-state index in [1.807, 2.05) is 0 Å². The minimum Gasteiger partial charge on any atom is -0.504 e. The number of benzene rings is 6. The van der Waals surface area contributed by atoms with Crippen LogP contribution in [0.25, 0.3) is 60.5 Å². The third-order valence-electron chi connectivity index (χ3n) is 16.1. The fourth-order valence-electron chi connectivity index (χ4n) is 12.5. The fraction of sp³-hybridized carbons (Fsp3) is 0.148. The number of aromatic hydroxyl groups is 15. The molecule has 8 heterocycles. The summed E-state index contributed by atoms with van der Waals surface area (Å²) in [5, 5.41) is 179. The third kappa shape index (κ3) is 6.02. The van der Waals surface area contributed by atoms with E-state index < -0.39 is 287 Å². The molecule has 7 atom stereocenters. The number of carbonyl (C=O) groups excluding carboxylic acids is 6. The summed E-state index contributed by atoms with van der Waals surface area (Å²) in [6.45, 7) is -1.65. The van der Waals surface area contributed by atoms with Gasteiger partial charge in [-0.2, -0.15) is 0 Å². The van der Waals surface area contributed by atoms with Crippen LogP contribution in [0.1, 0.15) is 58.5 Å². The molecule has 1 spiro atoms. The van der Waals surface area contributed by atoms with Crippen LogP contribution in [0.5, 0.6) is 92.0 Å².